The highest BCUT2D eigenvalue weighted by Crippen LogP contribution is 2.03. The van der Waals surface area contributed by atoms with Gasteiger partial charge in [0.15, 0.2) is 0 Å². The van der Waals surface area contributed by atoms with Crippen molar-refractivity contribution in [1.82, 2.24) is 5.32 Å². The molecule has 0 aromatic heterocycles. The first-order valence-electron chi connectivity index (χ1n) is 9.63. The van der Waals surface area contributed by atoms with E-state index in [1.807, 2.05) is 36.4 Å². The highest BCUT2D eigenvalue weighted by atomic mass is 16.5. The van der Waals surface area contributed by atoms with Crippen molar-refractivity contribution in [3.05, 3.63) is 71.8 Å². The second kappa shape index (κ2) is 14.1. The predicted molar refractivity (Wildman–Crippen MR) is 114 cm³/mol. The van der Waals surface area contributed by atoms with Crippen LogP contribution in [0.1, 0.15) is 24.0 Å². The zero-order valence-corrected chi connectivity index (χ0v) is 17.2. The number of hydrogen-bond donors (Lipinski definition) is 5. The molecule has 1 amide bonds. The molecule has 0 aliphatic rings. The minimum absolute atomic E-state index is 0.0118. The summed E-state index contributed by atoms with van der Waals surface area (Å²) < 4.78 is 4.85. The smallest absolute Gasteiger partial charge is 0.408 e. The zero-order chi connectivity index (χ0) is 23.9. The number of carboxylic acid groups (broad SMARTS) is 3. The quantitative estimate of drug-likeness (QED) is 0.364. The van der Waals surface area contributed by atoms with E-state index < -0.39 is 36.1 Å². The van der Waals surface area contributed by atoms with Crippen LogP contribution < -0.4 is 11.1 Å². The number of amides is 1. The largest absolute Gasteiger partial charge is 0.481 e. The lowest BCUT2D eigenvalue weighted by atomic mass is 10.1. The average Bonchev–Trinajstić information content (AvgIpc) is 2.76. The molecule has 2 rings (SSSR count). The van der Waals surface area contributed by atoms with Crippen LogP contribution in [-0.4, -0.2) is 51.4 Å². The molecule has 0 aliphatic carbocycles. The monoisotopic (exact) mass is 446 g/mol. The van der Waals surface area contributed by atoms with Crippen molar-refractivity contribution >= 4 is 24.0 Å². The Kier molecular flexibility index (Phi) is 11.5. The molecule has 10 nitrogen and oxygen atoms in total. The Balaban J connectivity index is 0.000000363. The number of benzene rings is 2. The Bertz CT molecular complexity index is 874. The highest BCUT2D eigenvalue weighted by molar-refractivity contribution is 5.80. The van der Waals surface area contributed by atoms with Gasteiger partial charge in [0.2, 0.25) is 0 Å². The second-order valence-corrected chi connectivity index (χ2v) is 6.66. The molecule has 0 unspecified atom stereocenters. The average molecular weight is 446 g/mol. The van der Waals surface area contributed by atoms with Crippen LogP contribution in [-0.2, 0) is 32.1 Å². The van der Waals surface area contributed by atoms with Gasteiger partial charge in [-0.3, -0.25) is 9.59 Å². The van der Waals surface area contributed by atoms with E-state index in [1.54, 1.807) is 24.3 Å². The number of nitrogens with one attached hydrogen (secondary N) is 1. The topological polar surface area (TPSA) is 176 Å². The standard InChI is InChI=1S/C13H15NO6.C9H11NO2/c15-11(16)7-6-10(12(17)18)14-13(19)20-8-9-4-2-1-3-5-9;10-8(9(11)12)6-7-4-2-1-3-5-7/h1-5,10H,6-8H2,(H,14,19)(H,15,16)(H,17,18);1-5,8H,6,10H2,(H,11,12)/t10-;8-/m00/s1. The van der Waals surface area contributed by atoms with E-state index in [9.17, 15) is 19.2 Å². The first-order chi connectivity index (χ1) is 15.2. The Morgan fingerprint density at radius 3 is 1.84 bits per heavy atom. The maximum Gasteiger partial charge on any atom is 0.408 e. The summed E-state index contributed by atoms with van der Waals surface area (Å²) in [5.41, 5.74) is 7.06. The van der Waals surface area contributed by atoms with E-state index in [4.69, 9.17) is 25.8 Å². The molecule has 0 fully saturated rings. The van der Waals surface area contributed by atoms with Gasteiger partial charge in [-0.15, -0.1) is 0 Å². The van der Waals surface area contributed by atoms with E-state index in [1.165, 1.54) is 0 Å². The summed E-state index contributed by atoms with van der Waals surface area (Å²) in [7, 11) is 0. The molecule has 32 heavy (non-hydrogen) atoms. The molecule has 0 bridgehead atoms. The van der Waals surface area contributed by atoms with Crippen LogP contribution in [0.4, 0.5) is 4.79 Å². The van der Waals surface area contributed by atoms with Crippen LogP contribution in [0.3, 0.4) is 0 Å². The van der Waals surface area contributed by atoms with Gasteiger partial charge in [-0.1, -0.05) is 60.7 Å². The minimum Gasteiger partial charge on any atom is -0.481 e. The lowest BCUT2D eigenvalue weighted by Gasteiger charge is -2.13. The fourth-order valence-corrected chi connectivity index (χ4v) is 2.39. The van der Waals surface area contributed by atoms with Gasteiger partial charge in [-0.05, 0) is 24.0 Å². The molecule has 2 atom stereocenters. The molecule has 0 saturated carbocycles. The molecule has 172 valence electrons. The minimum atomic E-state index is -1.30. The fraction of sp³-hybridized carbons (Fsp3) is 0.273. The maximum atomic E-state index is 11.4. The normalized spacial score (nSPS) is 11.8. The first kappa shape index (κ1) is 26.1. The first-order valence-corrected chi connectivity index (χ1v) is 9.63. The predicted octanol–water partition coefficient (Wildman–Crippen LogP) is 1.87. The Labute approximate surface area is 184 Å². The summed E-state index contributed by atoms with van der Waals surface area (Å²) >= 11 is 0. The van der Waals surface area contributed by atoms with E-state index in [0.717, 1.165) is 11.1 Å². The Morgan fingerprint density at radius 2 is 1.38 bits per heavy atom. The van der Waals surface area contributed by atoms with E-state index in [0.29, 0.717) is 6.42 Å². The molecular weight excluding hydrogens is 420 g/mol. The van der Waals surface area contributed by atoms with Crippen molar-refractivity contribution in [2.24, 2.45) is 5.73 Å². The van der Waals surface area contributed by atoms with E-state index in [2.05, 4.69) is 5.32 Å². The summed E-state index contributed by atoms with van der Waals surface area (Å²) in [5.74, 6) is -3.39. The number of carboxylic acids is 3. The van der Waals surface area contributed by atoms with Gasteiger partial charge in [0, 0.05) is 6.42 Å². The van der Waals surface area contributed by atoms with Gasteiger partial charge in [0.05, 0.1) is 0 Å². The maximum absolute atomic E-state index is 11.4. The highest BCUT2D eigenvalue weighted by Gasteiger charge is 2.21. The summed E-state index contributed by atoms with van der Waals surface area (Å²) in [5, 5.41) is 28.0. The van der Waals surface area contributed by atoms with Gasteiger partial charge >= 0.3 is 24.0 Å². The summed E-state index contributed by atoms with van der Waals surface area (Å²) in [6, 6.07) is 16.2. The van der Waals surface area contributed by atoms with Crippen LogP contribution in [0.5, 0.6) is 0 Å². The van der Waals surface area contributed by atoms with Crippen molar-refractivity contribution in [1.29, 1.82) is 0 Å². The van der Waals surface area contributed by atoms with Crippen LogP contribution >= 0.6 is 0 Å². The van der Waals surface area contributed by atoms with Gasteiger partial charge in [0.25, 0.3) is 0 Å². The fourth-order valence-electron chi connectivity index (χ4n) is 2.39. The molecule has 2 aromatic carbocycles. The Hall–Kier alpha value is -3.92. The number of hydrogen-bond acceptors (Lipinski definition) is 6. The number of carbonyl (C=O) groups excluding carboxylic acids is 1. The van der Waals surface area contributed by atoms with Crippen molar-refractivity contribution in [2.75, 3.05) is 0 Å². The molecule has 2 aromatic rings. The number of nitrogens with two attached hydrogens (primary N) is 1. The number of alkyl carbamates (subject to hydrolysis) is 1. The van der Waals surface area contributed by atoms with Crippen LogP contribution in [0.25, 0.3) is 0 Å². The van der Waals surface area contributed by atoms with Crippen LogP contribution in [0.15, 0.2) is 60.7 Å². The Morgan fingerprint density at radius 1 is 0.844 bits per heavy atom. The van der Waals surface area contributed by atoms with E-state index in [-0.39, 0.29) is 19.4 Å². The lowest BCUT2D eigenvalue weighted by molar-refractivity contribution is -0.141. The third-order valence-electron chi connectivity index (χ3n) is 4.07. The van der Waals surface area contributed by atoms with Gasteiger partial charge in [-0.25, -0.2) is 9.59 Å². The third kappa shape index (κ3) is 11.3. The zero-order valence-electron chi connectivity index (χ0n) is 17.2. The summed E-state index contributed by atoms with van der Waals surface area (Å²) in [4.78, 5) is 43.1. The summed E-state index contributed by atoms with van der Waals surface area (Å²) in [6.07, 6.45) is -1.07. The second-order valence-electron chi connectivity index (χ2n) is 6.66. The molecule has 0 saturated heterocycles. The number of carbonyl (C=O) groups is 4. The van der Waals surface area contributed by atoms with Crippen molar-refractivity contribution in [3.8, 4) is 0 Å². The van der Waals surface area contributed by atoms with Crippen molar-refractivity contribution in [3.63, 3.8) is 0 Å². The molecular formula is C22H26N2O8. The van der Waals surface area contributed by atoms with Gasteiger partial charge in [0.1, 0.15) is 18.7 Å². The number of rotatable bonds is 10. The van der Waals surface area contributed by atoms with Gasteiger partial charge in [-0.2, -0.15) is 0 Å². The van der Waals surface area contributed by atoms with Crippen LogP contribution in [0, 0.1) is 0 Å². The lowest BCUT2D eigenvalue weighted by Crippen LogP contribution is -2.41. The molecule has 0 aliphatic heterocycles. The molecule has 0 spiro atoms. The van der Waals surface area contributed by atoms with Crippen LogP contribution in [0.2, 0.25) is 0 Å². The molecule has 6 N–H and O–H groups in total. The molecule has 0 heterocycles. The summed E-state index contributed by atoms with van der Waals surface area (Å²) in [6.45, 7) is 0.0118. The number of ether oxygens (including phenoxy) is 1. The SMILES string of the molecule is N[C@@H](Cc1ccccc1)C(=O)O.O=C(O)CC[C@H](NC(=O)OCc1ccccc1)C(=O)O. The third-order valence-corrected chi connectivity index (χ3v) is 4.07. The van der Waals surface area contributed by atoms with Crippen molar-refractivity contribution in [2.45, 2.75) is 38.0 Å². The molecule has 0 radical (unpaired) electrons. The van der Waals surface area contributed by atoms with Gasteiger partial charge < -0.3 is 31.1 Å². The van der Waals surface area contributed by atoms with Crippen molar-refractivity contribution < 1.29 is 39.2 Å². The molecule has 10 heteroatoms. The van der Waals surface area contributed by atoms with E-state index >= 15 is 0 Å². The number of aliphatic carboxylic acids is 3.